The summed E-state index contributed by atoms with van der Waals surface area (Å²) >= 11 is 3.36. The molecule has 1 aromatic rings. The van der Waals surface area contributed by atoms with Gasteiger partial charge in [-0.3, -0.25) is 0 Å². The fraction of sp³-hybridized carbons (Fsp3) is 0.300. The van der Waals surface area contributed by atoms with Gasteiger partial charge >= 0.3 is 0 Å². The Kier molecular flexibility index (Phi) is 4.09. The zero-order valence-electron chi connectivity index (χ0n) is 7.55. The van der Waals surface area contributed by atoms with Crippen LogP contribution in [0.3, 0.4) is 0 Å². The number of rotatable bonds is 4. The number of methoxy groups -OCH3 is 1. The molecule has 0 bridgehead atoms. The maximum absolute atomic E-state index is 5.42. The second kappa shape index (κ2) is 5.12. The lowest BCUT2D eigenvalue weighted by Gasteiger charge is -2.09. The second-order valence-corrected chi connectivity index (χ2v) is 3.41. The predicted molar refractivity (Wildman–Crippen MR) is 56.2 cm³/mol. The van der Waals surface area contributed by atoms with Gasteiger partial charge in [0.25, 0.3) is 0 Å². The molecule has 0 heterocycles. The van der Waals surface area contributed by atoms with Crippen molar-refractivity contribution in [3.05, 3.63) is 29.6 Å². The third kappa shape index (κ3) is 2.92. The lowest BCUT2D eigenvalue weighted by atomic mass is 10.3. The average Bonchev–Trinajstić information content (AvgIpc) is 2.16. The molecule has 0 unspecified atom stereocenters. The Hall–Kier alpha value is -0.700. The normalized spacial score (nSPS) is 9.77. The summed E-state index contributed by atoms with van der Waals surface area (Å²) in [6, 6.07) is 5.66. The molecule has 0 fully saturated rings. The van der Waals surface area contributed by atoms with Crippen molar-refractivity contribution in [3.8, 4) is 11.5 Å². The molecule has 1 rings (SSSR count). The summed E-state index contributed by atoms with van der Waals surface area (Å²) in [7, 11) is 1.62. The van der Waals surface area contributed by atoms with Crippen LogP contribution in [0.1, 0.15) is 6.42 Å². The van der Waals surface area contributed by atoms with Gasteiger partial charge in [0.15, 0.2) is 11.5 Å². The molecular weight excluding hydrogens is 232 g/mol. The van der Waals surface area contributed by atoms with Crippen LogP contribution in [-0.4, -0.2) is 13.7 Å². The van der Waals surface area contributed by atoms with E-state index in [1.165, 1.54) is 0 Å². The van der Waals surface area contributed by atoms with E-state index in [9.17, 15) is 0 Å². The lowest BCUT2D eigenvalue weighted by molar-refractivity contribution is 0.299. The lowest BCUT2D eigenvalue weighted by Crippen LogP contribution is -1.97. The molecule has 0 aliphatic carbocycles. The van der Waals surface area contributed by atoms with Crippen LogP contribution in [-0.2, 0) is 0 Å². The molecule has 0 saturated carbocycles. The molecule has 0 aromatic heterocycles. The van der Waals surface area contributed by atoms with E-state index in [-0.39, 0.29) is 0 Å². The number of halogens is 1. The van der Waals surface area contributed by atoms with E-state index in [1.54, 1.807) is 7.11 Å². The Morgan fingerprint density at radius 3 is 2.77 bits per heavy atom. The summed E-state index contributed by atoms with van der Waals surface area (Å²) in [6.07, 6.45) is 0.749. The molecule has 2 nitrogen and oxygen atoms in total. The second-order valence-electron chi connectivity index (χ2n) is 2.50. The van der Waals surface area contributed by atoms with E-state index in [2.05, 4.69) is 22.9 Å². The van der Waals surface area contributed by atoms with Crippen LogP contribution in [0.2, 0.25) is 0 Å². The Balaban J connectivity index is 2.79. The molecule has 13 heavy (non-hydrogen) atoms. The predicted octanol–water partition coefficient (Wildman–Crippen LogP) is 3.06. The van der Waals surface area contributed by atoms with Crippen molar-refractivity contribution in [3.63, 3.8) is 0 Å². The standard InChI is InChI=1S/C10H12BrO2/c1-3-6-13-9-5-4-8(11)7-10(9)12-2/h4-5,7H,1,3,6H2,2H3. The van der Waals surface area contributed by atoms with Crippen molar-refractivity contribution in [2.45, 2.75) is 6.42 Å². The molecule has 0 amide bonds. The van der Waals surface area contributed by atoms with E-state index < -0.39 is 0 Å². The third-order valence-electron chi connectivity index (χ3n) is 1.53. The summed E-state index contributed by atoms with van der Waals surface area (Å²) in [5, 5.41) is 0. The molecule has 1 aromatic carbocycles. The van der Waals surface area contributed by atoms with Gasteiger partial charge in [-0.1, -0.05) is 15.9 Å². The molecule has 0 aliphatic heterocycles. The van der Waals surface area contributed by atoms with Gasteiger partial charge in [-0.05, 0) is 31.5 Å². The minimum Gasteiger partial charge on any atom is -0.493 e. The van der Waals surface area contributed by atoms with Crippen molar-refractivity contribution in [2.75, 3.05) is 13.7 Å². The fourth-order valence-electron chi connectivity index (χ4n) is 0.943. The van der Waals surface area contributed by atoms with E-state index in [1.807, 2.05) is 18.2 Å². The highest BCUT2D eigenvalue weighted by molar-refractivity contribution is 9.10. The SMILES string of the molecule is [CH2]CCOc1ccc(Br)cc1OC. The van der Waals surface area contributed by atoms with Gasteiger partial charge in [0.05, 0.1) is 13.7 Å². The van der Waals surface area contributed by atoms with Gasteiger partial charge < -0.3 is 9.47 Å². The maximum Gasteiger partial charge on any atom is 0.161 e. The van der Waals surface area contributed by atoms with Crippen LogP contribution < -0.4 is 9.47 Å². The van der Waals surface area contributed by atoms with E-state index in [4.69, 9.17) is 9.47 Å². The minimum atomic E-state index is 0.609. The number of benzene rings is 1. The van der Waals surface area contributed by atoms with Crippen molar-refractivity contribution in [1.29, 1.82) is 0 Å². The van der Waals surface area contributed by atoms with Crippen molar-refractivity contribution in [1.82, 2.24) is 0 Å². The van der Waals surface area contributed by atoms with Gasteiger partial charge in [0.1, 0.15) is 0 Å². The van der Waals surface area contributed by atoms with Gasteiger partial charge in [0, 0.05) is 4.47 Å². The van der Waals surface area contributed by atoms with E-state index in [0.717, 1.165) is 22.4 Å². The van der Waals surface area contributed by atoms with E-state index in [0.29, 0.717) is 6.61 Å². The van der Waals surface area contributed by atoms with Crippen LogP contribution in [0.15, 0.2) is 22.7 Å². The Labute approximate surface area is 87.0 Å². The topological polar surface area (TPSA) is 18.5 Å². The molecule has 71 valence electrons. The zero-order chi connectivity index (χ0) is 9.68. The molecular formula is C10H12BrO2. The summed E-state index contributed by atoms with van der Waals surface area (Å²) in [5.41, 5.74) is 0. The first kappa shape index (κ1) is 10.4. The highest BCUT2D eigenvalue weighted by Crippen LogP contribution is 2.30. The van der Waals surface area contributed by atoms with Crippen LogP contribution in [0.25, 0.3) is 0 Å². The van der Waals surface area contributed by atoms with Crippen LogP contribution in [0.5, 0.6) is 11.5 Å². The number of hydrogen-bond donors (Lipinski definition) is 0. The summed E-state index contributed by atoms with van der Waals surface area (Å²) in [4.78, 5) is 0. The Morgan fingerprint density at radius 1 is 1.38 bits per heavy atom. The van der Waals surface area contributed by atoms with E-state index >= 15 is 0 Å². The average molecular weight is 244 g/mol. The highest BCUT2D eigenvalue weighted by atomic mass is 79.9. The van der Waals surface area contributed by atoms with Gasteiger partial charge in [-0.2, -0.15) is 0 Å². The molecule has 0 N–H and O–H groups in total. The van der Waals surface area contributed by atoms with Gasteiger partial charge in [-0.25, -0.2) is 0 Å². The Bertz CT molecular complexity index is 274. The van der Waals surface area contributed by atoms with Gasteiger partial charge in [-0.15, -0.1) is 0 Å². The number of ether oxygens (including phenoxy) is 2. The quantitative estimate of drug-likeness (QED) is 0.810. The molecule has 0 saturated heterocycles. The third-order valence-corrected chi connectivity index (χ3v) is 2.02. The van der Waals surface area contributed by atoms with Crippen molar-refractivity contribution in [2.24, 2.45) is 0 Å². The smallest absolute Gasteiger partial charge is 0.161 e. The largest absolute Gasteiger partial charge is 0.493 e. The summed E-state index contributed by atoms with van der Waals surface area (Å²) in [5.74, 6) is 1.50. The number of hydrogen-bond acceptors (Lipinski definition) is 2. The first-order chi connectivity index (χ1) is 6.27. The first-order valence-corrected chi connectivity index (χ1v) is 4.83. The van der Waals surface area contributed by atoms with Crippen LogP contribution in [0, 0.1) is 6.92 Å². The molecule has 0 spiro atoms. The minimum absolute atomic E-state index is 0.609. The van der Waals surface area contributed by atoms with Crippen molar-refractivity contribution < 1.29 is 9.47 Å². The highest BCUT2D eigenvalue weighted by Gasteiger charge is 2.03. The fourth-order valence-corrected chi connectivity index (χ4v) is 1.28. The monoisotopic (exact) mass is 243 g/mol. The summed E-state index contributed by atoms with van der Waals surface area (Å²) in [6.45, 7) is 4.31. The van der Waals surface area contributed by atoms with Gasteiger partial charge in [0.2, 0.25) is 0 Å². The molecule has 1 radical (unpaired) electrons. The Morgan fingerprint density at radius 2 is 2.15 bits per heavy atom. The molecule has 0 atom stereocenters. The molecule has 3 heteroatoms. The zero-order valence-corrected chi connectivity index (χ0v) is 9.13. The van der Waals surface area contributed by atoms with Crippen LogP contribution in [0.4, 0.5) is 0 Å². The summed E-state index contributed by atoms with van der Waals surface area (Å²) < 4.78 is 11.5. The maximum atomic E-state index is 5.42. The van der Waals surface area contributed by atoms with Crippen LogP contribution >= 0.6 is 15.9 Å². The first-order valence-electron chi connectivity index (χ1n) is 4.03. The molecule has 0 aliphatic rings. The van der Waals surface area contributed by atoms with Crippen molar-refractivity contribution >= 4 is 15.9 Å².